The molecule has 1 aromatic rings. The topological polar surface area (TPSA) is 76.7 Å². The fraction of sp³-hybridized carbons (Fsp3) is 0.619. The van der Waals surface area contributed by atoms with E-state index < -0.39 is 0 Å². The molecule has 156 valence electrons. The van der Waals surface area contributed by atoms with E-state index >= 15 is 0 Å². The van der Waals surface area contributed by atoms with E-state index in [1.807, 2.05) is 6.92 Å². The monoisotopic (exact) mass is 410 g/mol. The SMILES string of the molecule is CC(C)C(C)OCC(=O)NC1CC(C)[C@H](NC(=O)COc2ccc(Cl)cc2)C1. The molecule has 0 heterocycles. The molecule has 0 bridgehead atoms. The summed E-state index contributed by atoms with van der Waals surface area (Å²) in [5, 5.41) is 6.64. The van der Waals surface area contributed by atoms with E-state index in [0.717, 1.165) is 6.42 Å². The lowest BCUT2D eigenvalue weighted by Gasteiger charge is -2.18. The molecular formula is C21H31ClN2O4. The third-order valence-electron chi connectivity index (χ3n) is 5.19. The molecule has 1 saturated carbocycles. The van der Waals surface area contributed by atoms with Gasteiger partial charge in [0.25, 0.3) is 5.91 Å². The van der Waals surface area contributed by atoms with E-state index in [1.165, 1.54) is 0 Å². The maximum atomic E-state index is 12.2. The second kappa shape index (κ2) is 10.7. The fourth-order valence-electron chi connectivity index (χ4n) is 3.16. The summed E-state index contributed by atoms with van der Waals surface area (Å²) in [5.74, 6) is 0.963. The number of carbonyl (C=O) groups excluding carboxylic acids is 2. The van der Waals surface area contributed by atoms with Crippen molar-refractivity contribution in [1.82, 2.24) is 10.6 Å². The number of hydrogen-bond donors (Lipinski definition) is 2. The maximum Gasteiger partial charge on any atom is 0.258 e. The highest BCUT2D eigenvalue weighted by Gasteiger charge is 2.33. The van der Waals surface area contributed by atoms with Gasteiger partial charge in [-0.2, -0.15) is 0 Å². The summed E-state index contributed by atoms with van der Waals surface area (Å²) < 4.78 is 11.0. The molecule has 4 atom stereocenters. The van der Waals surface area contributed by atoms with Gasteiger partial charge in [-0.1, -0.05) is 32.4 Å². The molecule has 1 aliphatic rings. The zero-order chi connectivity index (χ0) is 20.7. The van der Waals surface area contributed by atoms with Crippen LogP contribution >= 0.6 is 11.6 Å². The number of hydrogen-bond acceptors (Lipinski definition) is 4. The number of nitrogens with one attached hydrogen (secondary N) is 2. The van der Waals surface area contributed by atoms with Crippen LogP contribution in [0.2, 0.25) is 5.02 Å². The van der Waals surface area contributed by atoms with Gasteiger partial charge in [0.15, 0.2) is 6.61 Å². The van der Waals surface area contributed by atoms with E-state index in [2.05, 4.69) is 31.4 Å². The molecule has 0 saturated heterocycles. The Kier molecular flexibility index (Phi) is 8.58. The van der Waals surface area contributed by atoms with Crippen LogP contribution in [-0.4, -0.2) is 43.2 Å². The minimum atomic E-state index is -0.173. The molecule has 0 aromatic heterocycles. The highest BCUT2D eigenvalue weighted by atomic mass is 35.5. The predicted molar refractivity (Wildman–Crippen MR) is 109 cm³/mol. The van der Waals surface area contributed by atoms with Gasteiger partial charge in [0.1, 0.15) is 12.4 Å². The summed E-state index contributed by atoms with van der Waals surface area (Å²) in [7, 11) is 0. The van der Waals surface area contributed by atoms with E-state index in [-0.39, 0.29) is 49.1 Å². The van der Waals surface area contributed by atoms with E-state index in [4.69, 9.17) is 21.1 Å². The molecule has 1 aliphatic carbocycles. The largest absolute Gasteiger partial charge is 0.484 e. The summed E-state index contributed by atoms with van der Waals surface area (Å²) in [6, 6.07) is 6.94. The molecule has 2 rings (SSSR count). The van der Waals surface area contributed by atoms with Crippen molar-refractivity contribution in [2.75, 3.05) is 13.2 Å². The second-order valence-corrected chi connectivity index (χ2v) is 8.33. The number of amides is 2. The Morgan fingerprint density at radius 3 is 2.36 bits per heavy atom. The zero-order valence-electron chi connectivity index (χ0n) is 17.0. The van der Waals surface area contributed by atoms with E-state index in [1.54, 1.807) is 24.3 Å². The first-order valence-corrected chi connectivity index (χ1v) is 10.2. The van der Waals surface area contributed by atoms with Crippen molar-refractivity contribution in [3.05, 3.63) is 29.3 Å². The number of ether oxygens (including phenoxy) is 2. The van der Waals surface area contributed by atoms with Gasteiger partial charge in [-0.05, 0) is 55.9 Å². The van der Waals surface area contributed by atoms with Crippen molar-refractivity contribution < 1.29 is 19.1 Å². The molecule has 1 aromatic carbocycles. The molecular weight excluding hydrogens is 380 g/mol. The number of carbonyl (C=O) groups is 2. The first-order valence-electron chi connectivity index (χ1n) is 9.83. The van der Waals surface area contributed by atoms with Crippen LogP contribution in [0.1, 0.15) is 40.5 Å². The van der Waals surface area contributed by atoms with E-state index in [0.29, 0.717) is 23.1 Å². The number of benzene rings is 1. The summed E-state index contributed by atoms with van der Waals surface area (Å²) >= 11 is 5.83. The molecule has 1 fully saturated rings. The summed E-state index contributed by atoms with van der Waals surface area (Å²) in [5.41, 5.74) is 0. The molecule has 0 spiro atoms. The van der Waals surface area contributed by atoms with Gasteiger partial charge >= 0.3 is 0 Å². The quantitative estimate of drug-likeness (QED) is 0.655. The average molecular weight is 411 g/mol. The van der Waals surface area contributed by atoms with Gasteiger partial charge in [-0.15, -0.1) is 0 Å². The maximum absolute atomic E-state index is 12.2. The standard InChI is InChI=1S/C21H31ClN2O4/c1-13(2)15(4)27-11-20(25)23-17-9-14(3)19(10-17)24-21(26)12-28-18-7-5-16(22)6-8-18/h5-8,13-15,17,19H,9-12H2,1-4H3,(H,23,25)(H,24,26)/t14?,15?,17?,19-/m1/s1. The normalized spacial score (nSPS) is 22.7. The molecule has 28 heavy (non-hydrogen) atoms. The van der Waals surface area contributed by atoms with Crippen molar-refractivity contribution in [2.45, 2.75) is 58.7 Å². The van der Waals surface area contributed by atoms with Crippen LogP contribution in [0.4, 0.5) is 0 Å². The second-order valence-electron chi connectivity index (χ2n) is 7.89. The van der Waals surface area contributed by atoms with Crippen molar-refractivity contribution >= 4 is 23.4 Å². The van der Waals surface area contributed by atoms with E-state index in [9.17, 15) is 9.59 Å². The van der Waals surface area contributed by atoms with Gasteiger partial charge in [0.05, 0.1) is 6.10 Å². The molecule has 0 aliphatic heterocycles. The lowest BCUT2D eigenvalue weighted by Crippen LogP contribution is -2.41. The van der Waals surface area contributed by atoms with Crippen molar-refractivity contribution in [1.29, 1.82) is 0 Å². The summed E-state index contributed by atoms with van der Waals surface area (Å²) in [4.78, 5) is 24.3. The Balaban J connectivity index is 1.71. The summed E-state index contributed by atoms with van der Waals surface area (Å²) in [6.45, 7) is 8.18. The van der Waals surface area contributed by atoms with Crippen LogP contribution in [0, 0.1) is 11.8 Å². The Labute approximate surface area is 172 Å². The van der Waals surface area contributed by atoms with Crippen LogP contribution in [0.25, 0.3) is 0 Å². The molecule has 6 nitrogen and oxygen atoms in total. The molecule has 0 radical (unpaired) electrons. The van der Waals surface area contributed by atoms with Gasteiger partial charge in [0.2, 0.25) is 5.91 Å². The highest BCUT2D eigenvalue weighted by Crippen LogP contribution is 2.26. The van der Waals surface area contributed by atoms with Crippen molar-refractivity contribution in [3.63, 3.8) is 0 Å². The predicted octanol–water partition coefficient (Wildman–Crippen LogP) is 3.18. The van der Waals surface area contributed by atoms with Gasteiger partial charge in [0, 0.05) is 17.1 Å². The molecule has 2 amide bonds. The van der Waals surface area contributed by atoms with Gasteiger partial charge in [-0.25, -0.2) is 0 Å². The Hall–Kier alpha value is -1.79. The van der Waals surface area contributed by atoms with Crippen molar-refractivity contribution in [2.24, 2.45) is 11.8 Å². The Bertz CT molecular complexity index is 650. The zero-order valence-corrected chi connectivity index (χ0v) is 17.8. The third kappa shape index (κ3) is 7.32. The number of rotatable bonds is 9. The fourth-order valence-corrected chi connectivity index (χ4v) is 3.29. The Morgan fingerprint density at radius 2 is 1.71 bits per heavy atom. The third-order valence-corrected chi connectivity index (χ3v) is 5.44. The first-order chi connectivity index (χ1) is 13.2. The molecule has 2 N–H and O–H groups in total. The van der Waals surface area contributed by atoms with Crippen molar-refractivity contribution in [3.8, 4) is 5.75 Å². The van der Waals surface area contributed by atoms with Crippen LogP contribution in [0.5, 0.6) is 5.75 Å². The van der Waals surface area contributed by atoms with Crippen LogP contribution in [0.15, 0.2) is 24.3 Å². The average Bonchev–Trinajstić information content (AvgIpc) is 2.97. The minimum Gasteiger partial charge on any atom is -0.484 e. The van der Waals surface area contributed by atoms with Crippen LogP contribution in [0.3, 0.4) is 0 Å². The van der Waals surface area contributed by atoms with Crippen LogP contribution in [-0.2, 0) is 14.3 Å². The minimum absolute atomic E-state index is 0.0159. The lowest BCUT2D eigenvalue weighted by molar-refractivity contribution is -0.128. The summed E-state index contributed by atoms with van der Waals surface area (Å²) in [6.07, 6.45) is 1.58. The first kappa shape index (κ1) is 22.5. The smallest absolute Gasteiger partial charge is 0.258 e. The lowest BCUT2D eigenvalue weighted by atomic mass is 10.1. The molecule has 7 heteroatoms. The molecule has 3 unspecified atom stereocenters. The van der Waals surface area contributed by atoms with Crippen LogP contribution < -0.4 is 15.4 Å². The van der Waals surface area contributed by atoms with Gasteiger partial charge in [-0.3, -0.25) is 9.59 Å². The highest BCUT2D eigenvalue weighted by molar-refractivity contribution is 6.30. The number of halogens is 1. The van der Waals surface area contributed by atoms with Gasteiger partial charge < -0.3 is 20.1 Å². The Morgan fingerprint density at radius 1 is 1.07 bits per heavy atom.